The van der Waals surface area contributed by atoms with Crippen LogP contribution in [-0.4, -0.2) is 35.6 Å². The van der Waals surface area contributed by atoms with Crippen LogP contribution in [0.25, 0.3) is 0 Å². The molecular weight excluding hydrogens is 238 g/mol. The maximum Gasteiger partial charge on any atom is 0.226 e. The summed E-state index contributed by atoms with van der Waals surface area (Å²) in [4.78, 5) is 13.8. The predicted octanol–water partition coefficient (Wildman–Crippen LogP) is 2.08. The van der Waals surface area contributed by atoms with E-state index >= 15 is 0 Å². The van der Waals surface area contributed by atoms with Crippen molar-refractivity contribution in [2.24, 2.45) is 5.92 Å². The van der Waals surface area contributed by atoms with Crippen molar-refractivity contribution in [1.29, 1.82) is 0 Å². The number of nitrogens with zero attached hydrogens (tertiary/aromatic N) is 1. The molecule has 1 aliphatic carbocycles. The van der Waals surface area contributed by atoms with Gasteiger partial charge in [-0.05, 0) is 43.7 Å². The largest absolute Gasteiger partial charge is 0.391 e. The minimum atomic E-state index is -0.354. The van der Waals surface area contributed by atoms with Crippen molar-refractivity contribution >= 4 is 5.91 Å². The zero-order valence-corrected chi connectivity index (χ0v) is 12.0. The molecule has 1 aliphatic rings. The van der Waals surface area contributed by atoms with Crippen LogP contribution in [0.4, 0.5) is 0 Å². The Labute approximate surface area is 115 Å². The van der Waals surface area contributed by atoms with Gasteiger partial charge in [-0.2, -0.15) is 0 Å². The third-order valence-electron chi connectivity index (χ3n) is 3.90. The van der Waals surface area contributed by atoms with E-state index in [0.29, 0.717) is 18.9 Å². The highest BCUT2D eigenvalue weighted by Gasteiger charge is 2.31. The molecule has 3 heteroatoms. The van der Waals surface area contributed by atoms with Crippen molar-refractivity contribution in [3.63, 3.8) is 0 Å². The molecule has 0 aromatic heterocycles. The summed E-state index contributed by atoms with van der Waals surface area (Å²) in [6.07, 6.45) is 2.26. The Morgan fingerprint density at radius 3 is 2.74 bits per heavy atom. The van der Waals surface area contributed by atoms with Gasteiger partial charge in [-0.15, -0.1) is 0 Å². The molecule has 0 aliphatic heterocycles. The average molecular weight is 261 g/mol. The van der Waals surface area contributed by atoms with Gasteiger partial charge in [0.2, 0.25) is 5.91 Å². The van der Waals surface area contributed by atoms with Gasteiger partial charge < -0.3 is 10.0 Å². The second-order valence-electron chi connectivity index (χ2n) is 5.79. The number of aliphatic hydroxyl groups is 1. The van der Waals surface area contributed by atoms with Gasteiger partial charge in [-0.3, -0.25) is 4.79 Å². The maximum absolute atomic E-state index is 12.2. The van der Waals surface area contributed by atoms with Crippen LogP contribution >= 0.6 is 0 Å². The van der Waals surface area contributed by atoms with E-state index in [1.807, 2.05) is 13.8 Å². The van der Waals surface area contributed by atoms with Gasteiger partial charge in [0.1, 0.15) is 0 Å². The van der Waals surface area contributed by atoms with Gasteiger partial charge in [0.15, 0.2) is 0 Å². The summed E-state index contributed by atoms with van der Waals surface area (Å²) in [6.45, 7) is 4.52. The molecule has 0 heterocycles. The van der Waals surface area contributed by atoms with E-state index in [4.69, 9.17) is 0 Å². The lowest BCUT2D eigenvalue weighted by molar-refractivity contribution is -0.130. The molecule has 2 rings (SSSR count). The van der Waals surface area contributed by atoms with Crippen LogP contribution in [0, 0.1) is 19.8 Å². The molecule has 0 spiro atoms. The van der Waals surface area contributed by atoms with Gasteiger partial charge in [-0.25, -0.2) is 0 Å². The zero-order chi connectivity index (χ0) is 14.0. The molecule has 1 amide bonds. The van der Waals surface area contributed by atoms with E-state index in [1.54, 1.807) is 11.9 Å². The summed E-state index contributed by atoms with van der Waals surface area (Å²) in [5.41, 5.74) is 3.40. The van der Waals surface area contributed by atoms with E-state index in [9.17, 15) is 9.90 Å². The van der Waals surface area contributed by atoms with Crippen LogP contribution in [-0.2, 0) is 11.2 Å². The van der Waals surface area contributed by atoms with E-state index in [1.165, 1.54) is 5.56 Å². The quantitative estimate of drug-likeness (QED) is 0.881. The molecule has 1 fully saturated rings. The minimum absolute atomic E-state index is 0.0772. The molecule has 1 atom stereocenters. The molecule has 1 aromatic carbocycles. The average Bonchev–Trinajstić information content (AvgIpc) is 3.17. The van der Waals surface area contributed by atoms with Crippen LogP contribution < -0.4 is 0 Å². The lowest BCUT2D eigenvalue weighted by Crippen LogP contribution is -2.36. The Balaban J connectivity index is 1.93. The smallest absolute Gasteiger partial charge is 0.226 e. The lowest BCUT2D eigenvalue weighted by atomic mass is 10.0. The Hall–Kier alpha value is -1.35. The van der Waals surface area contributed by atoms with Gasteiger partial charge in [-0.1, -0.05) is 23.8 Å². The van der Waals surface area contributed by atoms with Gasteiger partial charge in [0, 0.05) is 13.6 Å². The fraction of sp³-hybridized carbons (Fsp3) is 0.562. The number of likely N-dealkylation sites (N-methyl/N-ethyl adjacent to an activating group) is 1. The molecule has 0 bridgehead atoms. The Morgan fingerprint density at radius 1 is 1.42 bits per heavy atom. The Bertz CT molecular complexity index is 466. The van der Waals surface area contributed by atoms with Gasteiger partial charge in [0.25, 0.3) is 0 Å². The van der Waals surface area contributed by atoms with E-state index < -0.39 is 0 Å². The number of aliphatic hydroxyl groups excluding tert-OH is 1. The number of aryl methyl sites for hydroxylation is 2. The topological polar surface area (TPSA) is 40.5 Å². The zero-order valence-electron chi connectivity index (χ0n) is 12.0. The number of hydrogen-bond acceptors (Lipinski definition) is 2. The third-order valence-corrected chi connectivity index (χ3v) is 3.90. The summed E-state index contributed by atoms with van der Waals surface area (Å²) >= 11 is 0. The monoisotopic (exact) mass is 261 g/mol. The first-order valence-electron chi connectivity index (χ1n) is 6.95. The minimum Gasteiger partial charge on any atom is -0.391 e. The SMILES string of the molecule is Cc1ccc(C)c(CC(=O)N(C)CC(O)C2CC2)c1. The van der Waals surface area contributed by atoms with E-state index in [-0.39, 0.29) is 12.0 Å². The molecule has 0 saturated heterocycles. The number of carbonyl (C=O) groups is 1. The van der Waals surface area contributed by atoms with E-state index in [0.717, 1.165) is 24.0 Å². The summed E-state index contributed by atoms with van der Waals surface area (Å²) in [5, 5.41) is 9.88. The Kier molecular flexibility index (Phi) is 4.25. The lowest BCUT2D eigenvalue weighted by Gasteiger charge is -2.21. The number of carbonyl (C=O) groups excluding carboxylic acids is 1. The van der Waals surface area contributed by atoms with Crippen molar-refractivity contribution in [1.82, 2.24) is 4.90 Å². The summed E-state index contributed by atoms with van der Waals surface area (Å²) in [6, 6.07) is 6.18. The number of hydrogen-bond donors (Lipinski definition) is 1. The standard InChI is InChI=1S/C16H23NO2/c1-11-4-5-12(2)14(8-11)9-16(19)17(3)10-15(18)13-6-7-13/h4-5,8,13,15,18H,6-7,9-10H2,1-3H3. The second kappa shape index (κ2) is 5.74. The fourth-order valence-electron chi connectivity index (χ4n) is 2.30. The first-order chi connectivity index (χ1) is 8.97. The molecule has 3 nitrogen and oxygen atoms in total. The summed E-state index contributed by atoms with van der Waals surface area (Å²) < 4.78 is 0. The van der Waals surface area contributed by atoms with Crippen molar-refractivity contribution in [3.05, 3.63) is 34.9 Å². The number of benzene rings is 1. The third kappa shape index (κ3) is 3.80. The molecule has 1 unspecified atom stereocenters. The van der Waals surface area contributed by atoms with Crippen LogP contribution in [0.5, 0.6) is 0 Å². The fourth-order valence-corrected chi connectivity index (χ4v) is 2.30. The van der Waals surface area contributed by atoms with Crippen molar-refractivity contribution in [2.75, 3.05) is 13.6 Å². The first kappa shape index (κ1) is 14.1. The van der Waals surface area contributed by atoms with Crippen LogP contribution in [0.1, 0.15) is 29.5 Å². The highest BCUT2D eigenvalue weighted by molar-refractivity contribution is 5.79. The predicted molar refractivity (Wildman–Crippen MR) is 76.0 cm³/mol. The summed E-state index contributed by atoms with van der Waals surface area (Å²) in [7, 11) is 1.78. The number of amides is 1. The molecule has 1 aromatic rings. The van der Waals surface area contributed by atoms with Crippen LogP contribution in [0.2, 0.25) is 0 Å². The first-order valence-corrected chi connectivity index (χ1v) is 6.95. The van der Waals surface area contributed by atoms with E-state index in [2.05, 4.69) is 18.2 Å². The van der Waals surface area contributed by atoms with Crippen molar-refractivity contribution in [2.45, 2.75) is 39.2 Å². The molecule has 1 saturated carbocycles. The Morgan fingerprint density at radius 2 is 2.11 bits per heavy atom. The van der Waals surface area contributed by atoms with Crippen molar-refractivity contribution < 1.29 is 9.90 Å². The normalized spacial score (nSPS) is 16.2. The maximum atomic E-state index is 12.2. The highest BCUT2D eigenvalue weighted by atomic mass is 16.3. The van der Waals surface area contributed by atoms with Gasteiger partial charge in [0.05, 0.1) is 12.5 Å². The molecule has 19 heavy (non-hydrogen) atoms. The molecular formula is C16H23NO2. The van der Waals surface area contributed by atoms with Crippen LogP contribution in [0.15, 0.2) is 18.2 Å². The summed E-state index contributed by atoms with van der Waals surface area (Å²) in [5.74, 6) is 0.490. The second-order valence-corrected chi connectivity index (χ2v) is 5.79. The van der Waals surface area contributed by atoms with Crippen LogP contribution in [0.3, 0.4) is 0 Å². The number of rotatable bonds is 5. The molecule has 0 radical (unpaired) electrons. The highest BCUT2D eigenvalue weighted by Crippen LogP contribution is 2.32. The van der Waals surface area contributed by atoms with Gasteiger partial charge >= 0.3 is 0 Å². The molecule has 104 valence electrons. The molecule has 1 N–H and O–H groups in total. The van der Waals surface area contributed by atoms with Crippen molar-refractivity contribution in [3.8, 4) is 0 Å².